The van der Waals surface area contributed by atoms with Crippen LogP contribution in [-0.2, 0) is 19.5 Å². The molecule has 0 amide bonds. The highest BCUT2D eigenvalue weighted by Crippen LogP contribution is 2.32. The molecule has 6 heteroatoms. The predicted octanol–water partition coefficient (Wildman–Crippen LogP) is 3.15. The first-order valence-electron chi connectivity index (χ1n) is 12.5. The Morgan fingerprint density at radius 1 is 1.09 bits per heavy atom. The molecule has 3 aromatic rings. The lowest BCUT2D eigenvalue weighted by Crippen LogP contribution is -2.65. The van der Waals surface area contributed by atoms with E-state index in [4.69, 9.17) is 0 Å². The average molecular weight is 453 g/mol. The number of nitrogens with one attached hydrogen (secondary N) is 1. The number of benzene rings is 2. The fraction of sp³-hybridized carbons (Fsp3) is 0.429. The van der Waals surface area contributed by atoms with E-state index < -0.39 is 0 Å². The van der Waals surface area contributed by atoms with Gasteiger partial charge in [-0.25, -0.2) is 0 Å². The van der Waals surface area contributed by atoms with Gasteiger partial charge in [-0.3, -0.25) is 14.8 Å². The van der Waals surface area contributed by atoms with Crippen molar-refractivity contribution >= 4 is 16.6 Å². The van der Waals surface area contributed by atoms with E-state index in [-0.39, 0.29) is 0 Å². The molecule has 0 bridgehead atoms. The Kier molecular flexibility index (Phi) is 5.70. The van der Waals surface area contributed by atoms with E-state index in [1.165, 1.54) is 16.8 Å². The van der Waals surface area contributed by atoms with Crippen LogP contribution in [0.5, 0.6) is 0 Å². The summed E-state index contributed by atoms with van der Waals surface area (Å²) < 4.78 is 0. The van der Waals surface area contributed by atoms with Crippen LogP contribution in [0.2, 0.25) is 0 Å². The van der Waals surface area contributed by atoms with Gasteiger partial charge in [0.15, 0.2) is 0 Å². The van der Waals surface area contributed by atoms with E-state index in [1.807, 2.05) is 12.1 Å². The van der Waals surface area contributed by atoms with Crippen molar-refractivity contribution in [3.63, 3.8) is 0 Å². The first-order valence-corrected chi connectivity index (χ1v) is 12.5. The molecule has 4 heterocycles. The Hall–Kier alpha value is -2.98. The van der Waals surface area contributed by atoms with Gasteiger partial charge in [-0.05, 0) is 60.8 Å². The number of aromatic nitrogens is 1. The normalized spacial score (nSPS) is 23.4. The molecule has 2 atom stereocenters. The van der Waals surface area contributed by atoms with Crippen LogP contribution in [0.25, 0.3) is 10.9 Å². The Balaban J connectivity index is 1.23. The summed E-state index contributed by atoms with van der Waals surface area (Å²) in [4.78, 5) is 12.4. The van der Waals surface area contributed by atoms with Gasteiger partial charge in [0, 0.05) is 75.2 Å². The fourth-order valence-electron chi connectivity index (χ4n) is 6.29. The molecule has 2 saturated heterocycles. The maximum Gasteiger partial charge on any atom is 0.101 e. The van der Waals surface area contributed by atoms with E-state index >= 15 is 0 Å². The lowest BCUT2D eigenvalue weighted by molar-refractivity contribution is 0.0316. The number of hydrogen-bond donors (Lipinski definition) is 1. The van der Waals surface area contributed by atoms with Crippen molar-refractivity contribution in [3.8, 4) is 6.07 Å². The summed E-state index contributed by atoms with van der Waals surface area (Å²) in [6.07, 6.45) is 2.92. The molecule has 0 unspecified atom stereocenters. The van der Waals surface area contributed by atoms with E-state index in [9.17, 15) is 5.26 Å². The minimum absolute atomic E-state index is 0.499. The quantitative estimate of drug-likeness (QED) is 0.659. The van der Waals surface area contributed by atoms with E-state index in [0.29, 0.717) is 17.6 Å². The molecule has 2 fully saturated rings. The zero-order valence-electron chi connectivity index (χ0n) is 19.9. The highest BCUT2D eigenvalue weighted by molar-refractivity contribution is 5.95. The Bertz CT molecular complexity index is 1250. The lowest BCUT2D eigenvalue weighted by atomic mass is 9.94. The van der Waals surface area contributed by atoms with Crippen LogP contribution in [-0.4, -0.2) is 66.1 Å². The van der Waals surface area contributed by atoms with Gasteiger partial charge >= 0.3 is 0 Å². The predicted molar refractivity (Wildman–Crippen MR) is 136 cm³/mol. The number of piperazine rings is 2. The van der Waals surface area contributed by atoms with Crippen molar-refractivity contribution in [2.24, 2.45) is 0 Å². The number of hydrogen-bond acceptors (Lipinski definition) is 6. The van der Waals surface area contributed by atoms with Crippen LogP contribution < -0.4 is 10.2 Å². The topological polar surface area (TPSA) is 58.4 Å². The largest absolute Gasteiger partial charge is 0.368 e. The zero-order chi connectivity index (χ0) is 23.1. The molecule has 174 valence electrons. The number of rotatable bonds is 3. The molecule has 6 nitrogen and oxygen atoms in total. The van der Waals surface area contributed by atoms with Gasteiger partial charge in [0.2, 0.25) is 0 Å². The van der Waals surface area contributed by atoms with Crippen molar-refractivity contribution < 1.29 is 0 Å². The first-order chi connectivity index (χ1) is 16.7. The summed E-state index contributed by atoms with van der Waals surface area (Å²) in [6, 6.07) is 18.3. The second kappa shape index (κ2) is 8.99. The number of nitriles is 1. The molecule has 0 aliphatic carbocycles. The molecule has 0 saturated carbocycles. The number of pyridine rings is 1. The Morgan fingerprint density at radius 3 is 2.94 bits per heavy atom. The van der Waals surface area contributed by atoms with Crippen molar-refractivity contribution in [2.45, 2.75) is 38.5 Å². The molecule has 0 spiro atoms. The Labute approximate surface area is 201 Å². The SMILES string of the molecule is C[C@@H]1CN(c2ccc(C#N)c3ncccc23)C[C@@H]2CN(Cc3cccc4c3CCNC4)CCN21. The summed E-state index contributed by atoms with van der Waals surface area (Å²) in [5.41, 5.74) is 7.22. The van der Waals surface area contributed by atoms with Gasteiger partial charge in [0.1, 0.15) is 6.07 Å². The van der Waals surface area contributed by atoms with Crippen LogP contribution in [0, 0.1) is 11.3 Å². The van der Waals surface area contributed by atoms with Crippen LogP contribution in [0.3, 0.4) is 0 Å². The highest BCUT2D eigenvalue weighted by Gasteiger charge is 2.36. The van der Waals surface area contributed by atoms with Crippen LogP contribution in [0.1, 0.15) is 29.2 Å². The van der Waals surface area contributed by atoms with E-state index in [2.05, 4.69) is 68.3 Å². The third-order valence-electron chi connectivity index (χ3n) is 7.93. The molecule has 2 aromatic carbocycles. The van der Waals surface area contributed by atoms with Crippen LogP contribution in [0.4, 0.5) is 5.69 Å². The molecule has 1 aromatic heterocycles. The summed E-state index contributed by atoms with van der Waals surface area (Å²) >= 11 is 0. The smallest absolute Gasteiger partial charge is 0.101 e. The van der Waals surface area contributed by atoms with Gasteiger partial charge in [0.25, 0.3) is 0 Å². The molecule has 0 radical (unpaired) electrons. The third-order valence-corrected chi connectivity index (χ3v) is 7.93. The fourth-order valence-corrected chi connectivity index (χ4v) is 6.29. The average Bonchev–Trinajstić information content (AvgIpc) is 2.88. The molecule has 34 heavy (non-hydrogen) atoms. The second-order valence-electron chi connectivity index (χ2n) is 10.0. The van der Waals surface area contributed by atoms with Gasteiger partial charge in [-0.15, -0.1) is 0 Å². The molecule has 1 N–H and O–H groups in total. The third kappa shape index (κ3) is 3.84. The molecular weight excluding hydrogens is 420 g/mol. The molecule has 3 aliphatic heterocycles. The first kappa shape index (κ1) is 21.5. The summed E-state index contributed by atoms with van der Waals surface area (Å²) in [5.74, 6) is 0. The van der Waals surface area contributed by atoms with Gasteiger partial charge in [-0.1, -0.05) is 18.2 Å². The maximum atomic E-state index is 9.54. The summed E-state index contributed by atoms with van der Waals surface area (Å²) in [6.45, 7) is 10.9. The standard InChI is InChI=1S/C28H32N6/c1-20-16-33(27-8-7-21(14-29)28-26(27)6-3-10-31-28)19-24-18-32(12-13-34(20)24)17-23-5-2-4-22-15-30-11-9-25(22)23/h2-8,10,20,24,30H,9,11-13,15-19H2,1H3/t20-,24+/m1/s1. The second-order valence-corrected chi connectivity index (χ2v) is 10.0. The highest BCUT2D eigenvalue weighted by atomic mass is 15.4. The van der Waals surface area contributed by atoms with Gasteiger partial charge in [-0.2, -0.15) is 5.26 Å². The van der Waals surface area contributed by atoms with E-state index in [0.717, 1.165) is 69.7 Å². The van der Waals surface area contributed by atoms with Gasteiger partial charge < -0.3 is 10.2 Å². The summed E-state index contributed by atoms with van der Waals surface area (Å²) in [7, 11) is 0. The van der Waals surface area contributed by atoms with Crippen molar-refractivity contribution in [1.29, 1.82) is 5.26 Å². The lowest BCUT2D eigenvalue weighted by Gasteiger charge is -2.51. The van der Waals surface area contributed by atoms with Gasteiger partial charge in [0.05, 0.1) is 11.1 Å². The number of fused-ring (bicyclic) bond motifs is 3. The number of nitrogens with zero attached hydrogens (tertiary/aromatic N) is 5. The van der Waals surface area contributed by atoms with Crippen molar-refractivity contribution in [2.75, 3.05) is 44.2 Å². The zero-order valence-corrected chi connectivity index (χ0v) is 19.9. The minimum Gasteiger partial charge on any atom is -0.368 e. The van der Waals surface area contributed by atoms with Crippen LogP contribution >= 0.6 is 0 Å². The molecule has 6 rings (SSSR count). The summed E-state index contributed by atoms with van der Waals surface area (Å²) in [5, 5.41) is 14.1. The molecular formula is C28H32N6. The van der Waals surface area contributed by atoms with Crippen LogP contribution in [0.15, 0.2) is 48.7 Å². The van der Waals surface area contributed by atoms with Crippen molar-refractivity contribution in [3.05, 3.63) is 70.9 Å². The minimum atomic E-state index is 0.499. The Morgan fingerprint density at radius 2 is 2.03 bits per heavy atom. The monoisotopic (exact) mass is 452 g/mol. The maximum absolute atomic E-state index is 9.54. The van der Waals surface area contributed by atoms with Crippen molar-refractivity contribution in [1.82, 2.24) is 20.1 Å². The number of anilines is 1. The molecule has 3 aliphatic rings. The van der Waals surface area contributed by atoms with E-state index in [1.54, 1.807) is 11.8 Å².